The normalized spacial score (nSPS) is 16.4. The molecule has 2 aliphatic rings. The first-order valence-corrected chi connectivity index (χ1v) is 9.23. The summed E-state index contributed by atoms with van der Waals surface area (Å²) in [6.07, 6.45) is 1.80. The molecule has 26 heavy (non-hydrogen) atoms. The van der Waals surface area contributed by atoms with Crippen LogP contribution in [-0.2, 0) is 0 Å². The zero-order chi connectivity index (χ0) is 18.4. The lowest BCUT2D eigenvalue weighted by Crippen LogP contribution is -2.33. The highest BCUT2D eigenvalue weighted by Crippen LogP contribution is 2.39. The Morgan fingerprint density at radius 3 is 2.77 bits per heavy atom. The van der Waals surface area contributed by atoms with E-state index in [1.54, 1.807) is 19.1 Å². The Hall–Kier alpha value is -1.96. The van der Waals surface area contributed by atoms with Gasteiger partial charge in [-0.2, -0.15) is 9.19 Å². The van der Waals surface area contributed by atoms with E-state index < -0.39 is 0 Å². The number of rotatable bonds is 2. The van der Waals surface area contributed by atoms with Crippen LogP contribution >= 0.6 is 35.5 Å². The Morgan fingerprint density at radius 1 is 1.27 bits per heavy atom. The van der Waals surface area contributed by atoms with Crippen LogP contribution < -0.4 is 5.32 Å². The SMILES string of the molecule is Cc1nn(SF)c2c1N=C(c1ccccc1Cl)NC1=C2C=C(Cl)N(C)C1. The molecule has 0 bridgehead atoms. The smallest absolute Gasteiger partial charge is 0.188 e. The topological polar surface area (TPSA) is 45.5 Å². The summed E-state index contributed by atoms with van der Waals surface area (Å²) in [6.45, 7) is 2.32. The Morgan fingerprint density at radius 2 is 2.04 bits per heavy atom. The summed E-state index contributed by atoms with van der Waals surface area (Å²) in [5.41, 5.74) is 4.16. The van der Waals surface area contributed by atoms with Crippen molar-refractivity contribution in [1.82, 2.24) is 19.4 Å². The molecular formula is C17H14Cl2FN5S. The molecule has 0 radical (unpaired) electrons. The second-order valence-electron chi connectivity index (χ2n) is 6.01. The molecule has 0 aliphatic carbocycles. The van der Waals surface area contributed by atoms with E-state index in [2.05, 4.69) is 10.4 Å². The van der Waals surface area contributed by atoms with E-state index in [1.165, 1.54) is 4.09 Å². The summed E-state index contributed by atoms with van der Waals surface area (Å²) >= 11 is 12.7. The Bertz CT molecular complexity index is 995. The zero-order valence-corrected chi connectivity index (χ0v) is 16.3. The molecule has 5 nitrogen and oxygen atoms in total. The third-order valence-electron chi connectivity index (χ3n) is 4.29. The lowest BCUT2D eigenvalue weighted by atomic mass is 10.1. The van der Waals surface area contributed by atoms with Crippen LogP contribution in [-0.4, -0.2) is 33.5 Å². The zero-order valence-electron chi connectivity index (χ0n) is 13.9. The monoisotopic (exact) mass is 409 g/mol. The minimum atomic E-state index is 0.0338. The van der Waals surface area contributed by atoms with Crippen molar-refractivity contribution in [2.45, 2.75) is 6.92 Å². The van der Waals surface area contributed by atoms with Crippen molar-refractivity contribution in [3.8, 4) is 0 Å². The summed E-state index contributed by atoms with van der Waals surface area (Å²) in [5.74, 6) is 0.591. The molecule has 1 aromatic carbocycles. The number of fused-ring (bicyclic) bond motifs is 2. The lowest BCUT2D eigenvalue weighted by molar-refractivity contribution is 0.471. The van der Waals surface area contributed by atoms with Crippen LogP contribution in [0.1, 0.15) is 17.0 Å². The Balaban J connectivity index is 1.99. The van der Waals surface area contributed by atoms with Gasteiger partial charge >= 0.3 is 0 Å². The fraction of sp³-hybridized carbons (Fsp3) is 0.176. The van der Waals surface area contributed by atoms with Crippen LogP contribution in [0.15, 0.2) is 46.2 Å². The number of allylic oxidation sites excluding steroid dienone is 2. The van der Waals surface area contributed by atoms with E-state index in [4.69, 9.17) is 28.2 Å². The van der Waals surface area contributed by atoms with Gasteiger partial charge in [0.1, 0.15) is 22.4 Å². The first-order chi connectivity index (χ1) is 12.5. The summed E-state index contributed by atoms with van der Waals surface area (Å²) in [5, 5.41) is 8.76. The standard InChI is InChI=1S/C17H14Cl2FN5S/c1-9-15-16(25(23-9)26-20)11-7-14(19)24(2)8-13(11)21-17(22-15)10-5-3-4-6-12(10)18/h3-7H,8H2,1-2H3,(H,21,22). The van der Waals surface area contributed by atoms with Crippen LogP contribution in [0, 0.1) is 6.92 Å². The van der Waals surface area contributed by atoms with Gasteiger partial charge in [-0.3, -0.25) is 0 Å². The molecular weight excluding hydrogens is 396 g/mol. The first kappa shape index (κ1) is 17.5. The molecule has 0 unspecified atom stereocenters. The number of halogens is 3. The number of nitrogens with zero attached hydrogens (tertiary/aromatic N) is 4. The highest BCUT2D eigenvalue weighted by molar-refractivity contribution is 7.92. The minimum absolute atomic E-state index is 0.0338. The number of aryl methyl sites for hydroxylation is 1. The van der Waals surface area contributed by atoms with Crippen LogP contribution in [0.5, 0.6) is 0 Å². The number of aromatic nitrogens is 2. The summed E-state index contributed by atoms with van der Waals surface area (Å²) < 4.78 is 14.7. The summed E-state index contributed by atoms with van der Waals surface area (Å²) in [6, 6.07) is 7.45. The molecule has 0 amide bonds. The average molecular weight is 410 g/mol. The van der Waals surface area contributed by atoms with Gasteiger partial charge in [0.05, 0.1) is 17.3 Å². The van der Waals surface area contributed by atoms with Crippen LogP contribution in [0.4, 0.5) is 9.57 Å². The van der Waals surface area contributed by atoms with Gasteiger partial charge in [-0.15, -0.1) is 3.89 Å². The number of nitrogens with one attached hydrogen (secondary N) is 1. The molecule has 1 aromatic heterocycles. The summed E-state index contributed by atoms with van der Waals surface area (Å²) in [7, 11) is 1.88. The van der Waals surface area contributed by atoms with Crippen molar-refractivity contribution in [2.75, 3.05) is 13.6 Å². The van der Waals surface area contributed by atoms with Crippen LogP contribution in [0.3, 0.4) is 0 Å². The molecule has 1 N–H and O–H groups in total. The largest absolute Gasteiger partial charge is 0.360 e. The van der Waals surface area contributed by atoms with Gasteiger partial charge < -0.3 is 10.2 Å². The molecule has 9 heteroatoms. The van der Waals surface area contributed by atoms with Crippen molar-refractivity contribution >= 4 is 52.6 Å². The number of hydrogen-bond acceptors (Lipinski definition) is 5. The molecule has 4 rings (SSSR count). The molecule has 0 atom stereocenters. The molecule has 3 heterocycles. The van der Waals surface area contributed by atoms with Gasteiger partial charge in [0, 0.05) is 23.9 Å². The predicted octanol–water partition coefficient (Wildman–Crippen LogP) is 4.64. The fourth-order valence-electron chi connectivity index (χ4n) is 3.01. The molecule has 2 aliphatic heterocycles. The van der Waals surface area contributed by atoms with Gasteiger partial charge in [0.25, 0.3) is 0 Å². The third-order valence-corrected chi connectivity index (χ3v) is 5.41. The molecule has 2 aromatic rings. The van der Waals surface area contributed by atoms with E-state index in [0.717, 1.165) is 16.8 Å². The van der Waals surface area contributed by atoms with Crippen LogP contribution in [0.2, 0.25) is 5.02 Å². The van der Waals surface area contributed by atoms with Gasteiger partial charge in [-0.25, -0.2) is 4.99 Å². The van der Waals surface area contributed by atoms with Gasteiger partial charge in [-0.1, -0.05) is 35.3 Å². The van der Waals surface area contributed by atoms with E-state index in [0.29, 0.717) is 39.6 Å². The lowest BCUT2D eigenvalue weighted by Gasteiger charge is -2.27. The Labute approximate surface area is 164 Å². The minimum Gasteiger partial charge on any atom is -0.360 e. The molecule has 0 spiro atoms. The number of likely N-dealkylation sites (N-methyl/N-ethyl adjacent to an activating group) is 1. The van der Waals surface area contributed by atoms with Crippen molar-refractivity contribution in [2.24, 2.45) is 4.99 Å². The van der Waals surface area contributed by atoms with E-state index >= 15 is 0 Å². The number of benzene rings is 1. The maximum Gasteiger partial charge on any atom is 0.188 e. The number of hydrogen-bond donors (Lipinski definition) is 1. The van der Waals surface area contributed by atoms with Gasteiger partial charge in [0.2, 0.25) is 0 Å². The first-order valence-electron chi connectivity index (χ1n) is 7.80. The van der Waals surface area contributed by atoms with Gasteiger partial charge in [-0.05, 0) is 25.1 Å². The van der Waals surface area contributed by atoms with Crippen molar-refractivity contribution in [1.29, 1.82) is 0 Å². The number of amidine groups is 1. The number of aliphatic imine (C=N–C) groups is 1. The van der Waals surface area contributed by atoms with E-state index in [9.17, 15) is 3.89 Å². The maximum absolute atomic E-state index is 13.5. The van der Waals surface area contributed by atoms with E-state index in [-0.39, 0.29) is 12.3 Å². The fourth-order valence-corrected chi connectivity index (χ4v) is 3.81. The maximum atomic E-state index is 13.5. The van der Waals surface area contributed by atoms with E-state index in [1.807, 2.05) is 30.1 Å². The summed E-state index contributed by atoms with van der Waals surface area (Å²) in [4.78, 5) is 6.63. The van der Waals surface area contributed by atoms with Crippen molar-refractivity contribution < 1.29 is 3.89 Å². The molecule has 0 saturated heterocycles. The van der Waals surface area contributed by atoms with Crippen molar-refractivity contribution in [3.63, 3.8) is 0 Å². The quantitative estimate of drug-likeness (QED) is 0.733. The Kier molecular flexibility index (Phi) is 4.46. The average Bonchev–Trinajstić information content (AvgIpc) is 2.83. The molecule has 0 fully saturated rings. The molecule has 134 valence electrons. The second-order valence-corrected chi connectivity index (χ2v) is 7.28. The third kappa shape index (κ3) is 2.80. The van der Waals surface area contributed by atoms with Gasteiger partial charge in [0.15, 0.2) is 12.3 Å². The van der Waals surface area contributed by atoms with Crippen LogP contribution in [0.25, 0.3) is 5.57 Å². The second kappa shape index (κ2) is 6.64. The highest BCUT2D eigenvalue weighted by Gasteiger charge is 2.29. The predicted molar refractivity (Wildman–Crippen MR) is 105 cm³/mol. The van der Waals surface area contributed by atoms with Crippen molar-refractivity contribution in [3.05, 3.63) is 63.2 Å². The highest BCUT2D eigenvalue weighted by atomic mass is 35.5. The molecule has 0 saturated carbocycles.